The third kappa shape index (κ3) is 3.55. The molecule has 0 fully saturated rings. The Kier molecular flexibility index (Phi) is 5.32. The maximum absolute atomic E-state index is 10.7. The standard InChI is InChI=1S/C15H26N2O/c1-12(2)13(3)17(4)11-15(18,10-16)14-8-6-5-7-9-14/h5-9,12-13,18H,10-11,16H2,1-4H3. The van der Waals surface area contributed by atoms with Gasteiger partial charge in [-0.3, -0.25) is 0 Å². The first-order valence-electron chi connectivity index (χ1n) is 6.59. The van der Waals surface area contributed by atoms with Crippen molar-refractivity contribution >= 4 is 0 Å². The van der Waals surface area contributed by atoms with Crippen LogP contribution >= 0.6 is 0 Å². The van der Waals surface area contributed by atoms with E-state index in [1.807, 2.05) is 37.4 Å². The molecule has 2 atom stereocenters. The van der Waals surface area contributed by atoms with E-state index in [0.29, 0.717) is 18.5 Å². The average Bonchev–Trinajstić information content (AvgIpc) is 2.38. The highest BCUT2D eigenvalue weighted by Gasteiger charge is 2.30. The van der Waals surface area contributed by atoms with E-state index in [1.54, 1.807) is 0 Å². The Morgan fingerprint density at radius 2 is 1.78 bits per heavy atom. The molecule has 1 aromatic rings. The van der Waals surface area contributed by atoms with Crippen molar-refractivity contribution < 1.29 is 5.11 Å². The van der Waals surface area contributed by atoms with Crippen LogP contribution in [0, 0.1) is 5.92 Å². The third-order valence-corrected chi connectivity index (χ3v) is 3.82. The molecule has 2 unspecified atom stereocenters. The van der Waals surface area contributed by atoms with Gasteiger partial charge in [0.15, 0.2) is 0 Å². The smallest absolute Gasteiger partial charge is 0.114 e. The minimum absolute atomic E-state index is 0.228. The Hall–Kier alpha value is -0.900. The summed E-state index contributed by atoms with van der Waals surface area (Å²) in [6, 6.07) is 10.1. The lowest BCUT2D eigenvalue weighted by atomic mass is 9.92. The van der Waals surface area contributed by atoms with Gasteiger partial charge in [-0.2, -0.15) is 0 Å². The van der Waals surface area contributed by atoms with Gasteiger partial charge in [-0.1, -0.05) is 44.2 Å². The number of hydrogen-bond acceptors (Lipinski definition) is 3. The molecule has 3 N–H and O–H groups in total. The lowest BCUT2D eigenvalue weighted by molar-refractivity contribution is -0.000553. The van der Waals surface area contributed by atoms with E-state index in [4.69, 9.17) is 5.73 Å². The van der Waals surface area contributed by atoms with Gasteiger partial charge >= 0.3 is 0 Å². The number of nitrogens with zero attached hydrogens (tertiary/aromatic N) is 1. The molecule has 3 nitrogen and oxygen atoms in total. The van der Waals surface area contributed by atoms with Gasteiger partial charge in [0.25, 0.3) is 0 Å². The molecule has 3 heteroatoms. The van der Waals surface area contributed by atoms with Crippen LogP contribution in [0.2, 0.25) is 0 Å². The number of nitrogens with two attached hydrogens (primary N) is 1. The van der Waals surface area contributed by atoms with Gasteiger partial charge in [0.1, 0.15) is 5.60 Å². The van der Waals surface area contributed by atoms with Crippen molar-refractivity contribution in [3.05, 3.63) is 35.9 Å². The lowest BCUT2D eigenvalue weighted by Crippen LogP contribution is -2.48. The highest BCUT2D eigenvalue weighted by Crippen LogP contribution is 2.22. The van der Waals surface area contributed by atoms with E-state index in [9.17, 15) is 5.11 Å². The zero-order chi connectivity index (χ0) is 13.8. The van der Waals surface area contributed by atoms with Crippen molar-refractivity contribution in [2.45, 2.75) is 32.4 Å². The van der Waals surface area contributed by atoms with E-state index in [1.165, 1.54) is 0 Å². The van der Waals surface area contributed by atoms with Crippen LogP contribution in [-0.4, -0.2) is 36.2 Å². The Morgan fingerprint density at radius 1 is 1.22 bits per heavy atom. The zero-order valence-electron chi connectivity index (χ0n) is 11.9. The van der Waals surface area contributed by atoms with Crippen molar-refractivity contribution in [3.63, 3.8) is 0 Å². The van der Waals surface area contributed by atoms with E-state index in [-0.39, 0.29) is 6.54 Å². The molecule has 102 valence electrons. The summed E-state index contributed by atoms with van der Waals surface area (Å²) in [6.45, 7) is 7.32. The second-order valence-corrected chi connectivity index (χ2v) is 5.50. The molecule has 0 aliphatic rings. The van der Waals surface area contributed by atoms with Crippen molar-refractivity contribution in [1.82, 2.24) is 4.90 Å². The molecule has 0 aliphatic carbocycles. The Morgan fingerprint density at radius 3 is 2.22 bits per heavy atom. The van der Waals surface area contributed by atoms with Gasteiger partial charge in [-0.15, -0.1) is 0 Å². The number of hydrogen-bond donors (Lipinski definition) is 2. The molecular formula is C15H26N2O. The summed E-state index contributed by atoms with van der Waals surface area (Å²) >= 11 is 0. The minimum atomic E-state index is -0.973. The molecule has 0 amide bonds. The molecule has 0 heterocycles. The molecule has 0 bridgehead atoms. The van der Waals surface area contributed by atoms with Crippen LogP contribution in [-0.2, 0) is 5.60 Å². The van der Waals surface area contributed by atoms with E-state index >= 15 is 0 Å². The first-order valence-corrected chi connectivity index (χ1v) is 6.59. The topological polar surface area (TPSA) is 49.5 Å². The van der Waals surface area contributed by atoms with Crippen LogP contribution < -0.4 is 5.73 Å². The van der Waals surface area contributed by atoms with Crippen LogP contribution in [0.5, 0.6) is 0 Å². The number of rotatable bonds is 6. The van der Waals surface area contributed by atoms with Gasteiger partial charge in [0.2, 0.25) is 0 Å². The molecule has 1 rings (SSSR count). The second-order valence-electron chi connectivity index (χ2n) is 5.50. The summed E-state index contributed by atoms with van der Waals surface area (Å²) in [7, 11) is 2.04. The van der Waals surface area contributed by atoms with E-state index in [2.05, 4.69) is 25.7 Å². The quantitative estimate of drug-likeness (QED) is 0.809. The summed E-state index contributed by atoms with van der Waals surface area (Å²) in [4.78, 5) is 2.17. The van der Waals surface area contributed by atoms with Crippen LogP contribution in [0.1, 0.15) is 26.3 Å². The lowest BCUT2D eigenvalue weighted by Gasteiger charge is -2.36. The van der Waals surface area contributed by atoms with E-state index < -0.39 is 5.60 Å². The van der Waals surface area contributed by atoms with Crippen molar-refractivity contribution in [2.24, 2.45) is 11.7 Å². The van der Waals surface area contributed by atoms with Crippen LogP contribution in [0.25, 0.3) is 0 Å². The summed E-state index contributed by atoms with van der Waals surface area (Å²) in [6.07, 6.45) is 0. The Labute approximate surface area is 111 Å². The fourth-order valence-electron chi connectivity index (χ4n) is 2.09. The molecule has 0 aromatic heterocycles. The highest BCUT2D eigenvalue weighted by atomic mass is 16.3. The summed E-state index contributed by atoms with van der Waals surface area (Å²) in [5.74, 6) is 0.549. The normalized spacial score (nSPS) is 16.9. The van der Waals surface area contributed by atoms with Gasteiger partial charge in [0.05, 0.1) is 0 Å². The molecule has 0 spiro atoms. The third-order valence-electron chi connectivity index (χ3n) is 3.82. The minimum Gasteiger partial charge on any atom is -0.382 e. The zero-order valence-corrected chi connectivity index (χ0v) is 11.9. The second kappa shape index (κ2) is 6.32. The maximum atomic E-state index is 10.7. The number of aliphatic hydroxyl groups is 1. The summed E-state index contributed by atoms with van der Waals surface area (Å²) in [5, 5.41) is 10.7. The molecule has 0 radical (unpaired) electrons. The van der Waals surface area contributed by atoms with Crippen molar-refractivity contribution in [2.75, 3.05) is 20.1 Å². The van der Waals surface area contributed by atoms with Crippen LogP contribution in [0.3, 0.4) is 0 Å². The SMILES string of the molecule is CC(C)C(C)N(C)CC(O)(CN)c1ccccc1. The predicted molar refractivity (Wildman–Crippen MR) is 76.3 cm³/mol. The largest absolute Gasteiger partial charge is 0.382 e. The number of likely N-dealkylation sites (N-methyl/N-ethyl adjacent to an activating group) is 1. The Balaban J connectivity index is 2.84. The highest BCUT2D eigenvalue weighted by molar-refractivity contribution is 5.23. The molecule has 0 aliphatic heterocycles. The average molecular weight is 250 g/mol. The van der Waals surface area contributed by atoms with Crippen molar-refractivity contribution in [1.29, 1.82) is 0 Å². The molecular weight excluding hydrogens is 224 g/mol. The Bertz CT molecular complexity index is 353. The monoisotopic (exact) mass is 250 g/mol. The first kappa shape index (κ1) is 15.2. The fraction of sp³-hybridized carbons (Fsp3) is 0.600. The molecule has 0 saturated heterocycles. The molecule has 0 saturated carbocycles. The van der Waals surface area contributed by atoms with Crippen LogP contribution in [0.4, 0.5) is 0 Å². The van der Waals surface area contributed by atoms with Gasteiger partial charge in [-0.05, 0) is 25.5 Å². The van der Waals surface area contributed by atoms with Gasteiger partial charge in [0, 0.05) is 19.1 Å². The maximum Gasteiger partial charge on any atom is 0.114 e. The van der Waals surface area contributed by atoms with Gasteiger partial charge < -0.3 is 15.7 Å². The van der Waals surface area contributed by atoms with Crippen LogP contribution in [0.15, 0.2) is 30.3 Å². The summed E-state index contributed by atoms with van der Waals surface area (Å²) in [5.41, 5.74) is 5.70. The summed E-state index contributed by atoms with van der Waals surface area (Å²) < 4.78 is 0. The van der Waals surface area contributed by atoms with E-state index in [0.717, 1.165) is 5.56 Å². The number of benzene rings is 1. The van der Waals surface area contributed by atoms with Gasteiger partial charge in [-0.25, -0.2) is 0 Å². The molecule has 1 aromatic carbocycles. The predicted octanol–water partition coefficient (Wildman–Crippen LogP) is 1.81. The molecule has 18 heavy (non-hydrogen) atoms. The fourth-order valence-corrected chi connectivity index (χ4v) is 2.09. The first-order chi connectivity index (χ1) is 8.40. The van der Waals surface area contributed by atoms with Crippen molar-refractivity contribution in [3.8, 4) is 0 Å².